The zero-order chi connectivity index (χ0) is 19.4. The molecule has 0 amide bonds. The van der Waals surface area contributed by atoms with E-state index in [1.165, 1.54) is 6.07 Å². The van der Waals surface area contributed by atoms with Crippen molar-refractivity contribution in [1.82, 2.24) is 0 Å². The van der Waals surface area contributed by atoms with Crippen molar-refractivity contribution in [3.05, 3.63) is 46.6 Å². The third kappa shape index (κ3) is 4.05. The van der Waals surface area contributed by atoms with Gasteiger partial charge in [-0.15, -0.1) is 0 Å². The van der Waals surface area contributed by atoms with E-state index in [-0.39, 0.29) is 34.6 Å². The number of benzene rings is 1. The summed E-state index contributed by atoms with van der Waals surface area (Å²) in [7, 11) is 0. The number of ketones is 2. The van der Waals surface area contributed by atoms with Gasteiger partial charge in [-0.1, -0.05) is 38.3 Å². The molecule has 0 fully saturated rings. The summed E-state index contributed by atoms with van der Waals surface area (Å²) in [6, 6.07) is 2.33. The number of phenols is 2. The van der Waals surface area contributed by atoms with Crippen LogP contribution < -0.4 is 0 Å². The Balaban J connectivity index is 2.20. The highest BCUT2D eigenvalue weighted by atomic mass is 16.3. The molecular weight excluding hydrogens is 332 g/mol. The number of allylic oxidation sites excluding steroid dienone is 2. The molecule has 0 radical (unpaired) electrons. The van der Waals surface area contributed by atoms with Gasteiger partial charge in [0.2, 0.25) is 0 Å². The summed E-state index contributed by atoms with van der Waals surface area (Å²) in [6.07, 6.45) is 5.33. The minimum atomic E-state index is -1.14. The summed E-state index contributed by atoms with van der Waals surface area (Å²) >= 11 is 0. The van der Waals surface area contributed by atoms with Crippen molar-refractivity contribution in [2.75, 3.05) is 0 Å². The van der Waals surface area contributed by atoms with Crippen molar-refractivity contribution >= 4 is 11.6 Å². The van der Waals surface area contributed by atoms with Gasteiger partial charge in [0, 0.05) is 5.57 Å². The maximum absolute atomic E-state index is 12.6. The van der Waals surface area contributed by atoms with Crippen LogP contribution in [0.15, 0.2) is 35.4 Å². The Morgan fingerprint density at radius 3 is 2.38 bits per heavy atom. The first-order valence-electron chi connectivity index (χ1n) is 8.98. The van der Waals surface area contributed by atoms with Gasteiger partial charge in [-0.25, -0.2) is 0 Å². The number of carbonyl (C=O) groups excluding carboxylic acids is 2. The lowest BCUT2D eigenvalue weighted by molar-refractivity contribution is 0.0943. The standard InChI is InChI=1S/C21H26O5/c1-4-5-6-12(2)13(3)7-8-15(22)14-11-18(25)19-16(23)9-10-17(24)20(19)21(14)26/h7,9-12,15,22-24H,4-6,8H2,1-3H3/t12?,15-/m1/s1. The molecule has 2 atom stereocenters. The molecule has 5 heteroatoms. The molecule has 1 unspecified atom stereocenters. The van der Waals surface area contributed by atoms with Crippen LogP contribution in [-0.4, -0.2) is 33.0 Å². The molecule has 26 heavy (non-hydrogen) atoms. The predicted molar refractivity (Wildman–Crippen MR) is 99.6 cm³/mol. The minimum Gasteiger partial charge on any atom is -0.507 e. The molecule has 5 nitrogen and oxygen atoms in total. The first-order chi connectivity index (χ1) is 12.3. The van der Waals surface area contributed by atoms with E-state index in [2.05, 4.69) is 13.8 Å². The maximum Gasteiger partial charge on any atom is 0.196 e. The summed E-state index contributed by atoms with van der Waals surface area (Å²) in [5.74, 6) is -1.58. The molecule has 0 aliphatic heterocycles. The van der Waals surface area contributed by atoms with E-state index >= 15 is 0 Å². The fraction of sp³-hybridized carbons (Fsp3) is 0.429. The number of aliphatic hydroxyl groups excluding tert-OH is 1. The first kappa shape index (κ1) is 19.9. The number of fused-ring (bicyclic) bond motifs is 1. The van der Waals surface area contributed by atoms with Crippen LogP contribution in [0.2, 0.25) is 0 Å². The van der Waals surface area contributed by atoms with Crippen LogP contribution in [0.5, 0.6) is 11.5 Å². The lowest BCUT2D eigenvalue weighted by Crippen LogP contribution is -2.25. The Hall–Kier alpha value is -2.40. The van der Waals surface area contributed by atoms with Gasteiger partial charge in [-0.05, 0) is 43.9 Å². The van der Waals surface area contributed by atoms with E-state index in [0.29, 0.717) is 5.92 Å². The number of phenolic OH excluding ortho intramolecular Hbond substituents is 2. The molecule has 0 spiro atoms. The van der Waals surface area contributed by atoms with Crippen LogP contribution in [0.25, 0.3) is 0 Å². The number of Topliss-reactive ketones (excluding diaryl/α,β-unsaturated/α-hetero) is 1. The van der Waals surface area contributed by atoms with Gasteiger partial charge in [0.1, 0.15) is 11.5 Å². The topological polar surface area (TPSA) is 94.8 Å². The van der Waals surface area contributed by atoms with Gasteiger partial charge in [-0.2, -0.15) is 0 Å². The normalized spacial score (nSPS) is 16.9. The van der Waals surface area contributed by atoms with Gasteiger partial charge in [-0.3, -0.25) is 9.59 Å². The monoisotopic (exact) mass is 358 g/mol. The molecule has 1 aromatic carbocycles. The highest BCUT2D eigenvalue weighted by molar-refractivity contribution is 6.26. The lowest BCUT2D eigenvalue weighted by atomic mass is 9.85. The molecule has 1 aliphatic carbocycles. The van der Waals surface area contributed by atoms with E-state index in [1.807, 2.05) is 13.0 Å². The van der Waals surface area contributed by atoms with Gasteiger partial charge in [0.25, 0.3) is 0 Å². The molecule has 0 saturated carbocycles. The largest absolute Gasteiger partial charge is 0.507 e. The second-order valence-electron chi connectivity index (χ2n) is 6.89. The Labute approximate surface area is 153 Å². The predicted octanol–water partition coefficient (Wildman–Crippen LogP) is 3.93. The molecule has 0 heterocycles. The number of rotatable bonds is 7. The van der Waals surface area contributed by atoms with Crippen molar-refractivity contribution in [1.29, 1.82) is 0 Å². The first-order valence-corrected chi connectivity index (χ1v) is 8.98. The lowest BCUT2D eigenvalue weighted by Gasteiger charge is -2.20. The summed E-state index contributed by atoms with van der Waals surface area (Å²) in [4.78, 5) is 24.9. The van der Waals surface area contributed by atoms with Gasteiger partial charge in [0.05, 0.1) is 17.2 Å². The van der Waals surface area contributed by atoms with Gasteiger partial charge in [0.15, 0.2) is 11.6 Å². The second-order valence-corrected chi connectivity index (χ2v) is 6.89. The number of hydrogen-bond acceptors (Lipinski definition) is 5. The summed E-state index contributed by atoms with van der Waals surface area (Å²) in [5.41, 5.74) is 0.608. The number of aliphatic hydroxyl groups is 1. The van der Waals surface area contributed by atoms with Crippen molar-refractivity contribution < 1.29 is 24.9 Å². The highest BCUT2D eigenvalue weighted by Crippen LogP contribution is 2.35. The Kier molecular flexibility index (Phi) is 6.37. The quantitative estimate of drug-likeness (QED) is 0.507. The average Bonchev–Trinajstić information content (AvgIpc) is 2.62. The van der Waals surface area contributed by atoms with Gasteiger partial charge >= 0.3 is 0 Å². The highest BCUT2D eigenvalue weighted by Gasteiger charge is 2.33. The van der Waals surface area contributed by atoms with E-state index in [0.717, 1.165) is 37.0 Å². The third-order valence-electron chi connectivity index (χ3n) is 4.97. The molecule has 3 N–H and O–H groups in total. The summed E-state index contributed by atoms with van der Waals surface area (Å²) < 4.78 is 0. The maximum atomic E-state index is 12.6. The van der Waals surface area contributed by atoms with E-state index in [1.54, 1.807) is 0 Å². The number of carbonyl (C=O) groups is 2. The minimum absolute atomic E-state index is 0.0614. The van der Waals surface area contributed by atoms with Crippen LogP contribution in [0, 0.1) is 5.92 Å². The molecule has 140 valence electrons. The number of unbranched alkanes of at least 4 members (excludes halogenated alkanes) is 1. The van der Waals surface area contributed by atoms with E-state index < -0.39 is 17.7 Å². The summed E-state index contributed by atoms with van der Waals surface area (Å²) in [5, 5.41) is 30.2. The van der Waals surface area contributed by atoms with Crippen molar-refractivity contribution in [3.8, 4) is 11.5 Å². The summed E-state index contributed by atoms with van der Waals surface area (Å²) in [6.45, 7) is 6.26. The van der Waals surface area contributed by atoms with E-state index in [9.17, 15) is 24.9 Å². The molecular formula is C21H26O5. The Morgan fingerprint density at radius 2 is 1.77 bits per heavy atom. The zero-order valence-electron chi connectivity index (χ0n) is 15.5. The second kappa shape index (κ2) is 8.32. The zero-order valence-corrected chi connectivity index (χ0v) is 15.5. The van der Waals surface area contributed by atoms with Crippen molar-refractivity contribution in [3.63, 3.8) is 0 Å². The van der Waals surface area contributed by atoms with Crippen LogP contribution in [-0.2, 0) is 0 Å². The molecule has 0 saturated heterocycles. The fourth-order valence-electron chi connectivity index (χ4n) is 3.09. The average molecular weight is 358 g/mol. The molecule has 0 aromatic heterocycles. The van der Waals surface area contributed by atoms with Gasteiger partial charge < -0.3 is 15.3 Å². The SMILES string of the molecule is CCCCC(C)C(C)=CC[C@@H](O)C1=CC(=O)c2c(O)ccc(O)c2C1=O. The van der Waals surface area contributed by atoms with Crippen LogP contribution >= 0.6 is 0 Å². The number of aromatic hydroxyl groups is 2. The van der Waals surface area contributed by atoms with Crippen LogP contribution in [0.4, 0.5) is 0 Å². The Bertz CT molecular complexity index is 773. The van der Waals surface area contributed by atoms with Crippen molar-refractivity contribution in [2.24, 2.45) is 5.92 Å². The molecule has 0 bridgehead atoms. The van der Waals surface area contributed by atoms with Crippen molar-refractivity contribution in [2.45, 2.75) is 52.6 Å². The van der Waals surface area contributed by atoms with Crippen LogP contribution in [0.1, 0.15) is 67.2 Å². The number of hydrogen-bond donors (Lipinski definition) is 3. The molecule has 1 aromatic rings. The van der Waals surface area contributed by atoms with Crippen LogP contribution in [0.3, 0.4) is 0 Å². The Morgan fingerprint density at radius 1 is 1.15 bits per heavy atom. The smallest absolute Gasteiger partial charge is 0.196 e. The molecule has 1 aliphatic rings. The molecule has 2 rings (SSSR count). The fourth-order valence-corrected chi connectivity index (χ4v) is 3.09. The third-order valence-corrected chi connectivity index (χ3v) is 4.97. The van der Waals surface area contributed by atoms with E-state index in [4.69, 9.17) is 0 Å².